The number of halogens is 1. The number of sulfonamides is 1. The fourth-order valence-electron chi connectivity index (χ4n) is 7.86. The molecule has 326 valence electrons. The van der Waals surface area contributed by atoms with Crippen LogP contribution in [0.4, 0.5) is 10.1 Å². The molecule has 0 unspecified atom stereocenters. The average molecular weight is 875 g/mol. The molecule has 3 fully saturated rings. The molecule has 13 nitrogen and oxygen atoms in total. The van der Waals surface area contributed by atoms with Crippen LogP contribution in [0.15, 0.2) is 60.0 Å². The number of aryl methyl sites for hydroxylation is 1. The third kappa shape index (κ3) is 10.0. The van der Waals surface area contributed by atoms with Gasteiger partial charge in [0.15, 0.2) is 0 Å². The number of benzene rings is 2. The standard InChI is InChI=1S/C45H55FN6O7S2/c1-26(2)37-25-60-43(50-37)36-23-33-27(3)39(58-5)17-16-32(33)42(49-36)59-31-22-38(40(47)53)52(24-31)44(55)35(48-30-14-11-13-29(46)21-30)15-10-8-6-7-9-12-28-20-34(28)41(54)51-61(56,57)45(4)18-19-45/h9,11-14,16-17,21,23,25-26,28,31,34-35,38,48H,6-8,10,15,18-20,22,24H2,1-5H3,(H2,47,53)(H,51,54)/b12-9-/t28-,31-,34+,35+,38+/m1/s1. The first kappa shape index (κ1) is 44.0. The van der Waals surface area contributed by atoms with Gasteiger partial charge in [0.25, 0.3) is 0 Å². The van der Waals surface area contributed by atoms with E-state index >= 15 is 0 Å². The summed E-state index contributed by atoms with van der Waals surface area (Å²) in [5.74, 6) is -0.875. The highest BCUT2D eigenvalue weighted by atomic mass is 32.2. The highest BCUT2D eigenvalue weighted by Gasteiger charge is 2.52. The first-order valence-corrected chi connectivity index (χ1v) is 23.4. The van der Waals surface area contributed by atoms with Gasteiger partial charge < -0.3 is 25.4 Å². The normalized spacial score (nSPS) is 21.1. The van der Waals surface area contributed by atoms with Crippen molar-refractivity contribution in [2.45, 2.75) is 114 Å². The maximum absolute atomic E-state index is 14.4. The Labute approximate surface area is 360 Å². The molecular weight excluding hydrogens is 820 g/mol. The number of carbonyl (C=O) groups excluding carboxylic acids is 3. The molecule has 0 radical (unpaired) electrons. The van der Waals surface area contributed by atoms with Crippen LogP contribution < -0.4 is 25.2 Å². The van der Waals surface area contributed by atoms with Gasteiger partial charge in [-0.05, 0) is 112 Å². The van der Waals surface area contributed by atoms with Gasteiger partial charge >= 0.3 is 0 Å². The lowest BCUT2D eigenvalue weighted by Gasteiger charge is -2.28. The van der Waals surface area contributed by atoms with E-state index in [4.69, 9.17) is 25.2 Å². The SMILES string of the molecule is COc1ccc2c(O[C@@H]3C[C@@H](C(N)=O)N(C(=O)[C@H](CCCCC/C=C\[C@@H]4C[C@@H]4C(=O)NS(=O)(=O)C4(C)CC4)Nc4cccc(F)c4)C3)nc(-c3nc(C(C)C)cs3)cc2c1C. The number of amides is 3. The van der Waals surface area contributed by atoms with Crippen molar-refractivity contribution in [3.63, 3.8) is 0 Å². The second kappa shape index (κ2) is 18.1. The summed E-state index contributed by atoms with van der Waals surface area (Å²) in [6.07, 6.45) is 8.75. The van der Waals surface area contributed by atoms with Crippen LogP contribution in [0.25, 0.3) is 21.5 Å². The van der Waals surface area contributed by atoms with Crippen LogP contribution in [0.2, 0.25) is 0 Å². The van der Waals surface area contributed by atoms with Crippen LogP contribution in [0.5, 0.6) is 11.6 Å². The molecule has 0 spiro atoms. The molecule has 2 aromatic carbocycles. The van der Waals surface area contributed by atoms with E-state index < -0.39 is 50.6 Å². The Morgan fingerprint density at radius 3 is 2.56 bits per heavy atom. The van der Waals surface area contributed by atoms with Crippen molar-refractivity contribution in [3.05, 3.63) is 77.1 Å². The number of hydrogen-bond acceptors (Lipinski definition) is 11. The molecule has 0 bridgehead atoms. The van der Waals surface area contributed by atoms with Crippen LogP contribution in [-0.2, 0) is 24.4 Å². The molecule has 2 saturated carbocycles. The number of pyridine rings is 1. The second-order valence-corrected chi connectivity index (χ2v) is 20.2. The van der Waals surface area contributed by atoms with Gasteiger partial charge in [-0.2, -0.15) is 0 Å². The average Bonchev–Trinajstić information content (AvgIpc) is 4.05. The number of allylic oxidation sites excluding steroid dienone is 2. The maximum Gasteiger partial charge on any atom is 0.245 e. The van der Waals surface area contributed by atoms with Gasteiger partial charge in [-0.3, -0.25) is 19.1 Å². The van der Waals surface area contributed by atoms with Gasteiger partial charge in [-0.25, -0.2) is 22.8 Å². The van der Waals surface area contributed by atoms with Crippen LogP contribution in [-0.4, -0.2) is 77.6 Å². The van der Waals surface area contributed by atoms with E-state index in [2.05, 4.69) is 23.9 Å². The van der Waals surface area contributed by atoms with Crippen molar-refractivity contribution in [1.82, 2.24) is 19.6 Å². The number of nitrogens with two attached hydrogens (primary N) is 1. The van der Waals surface area contributed by atoms with Crippen LogP contribution in [0, 0.1) is 24.6 Å². The summed E-state index contributed by atoms with van der Waals surface area (Å²) in [5.41, 5.74) is 8.88. The number of primary amides is 1. The minimum atomic E-state index is -3.65. The molecule has 5 atom stereocenters. The zero-order chi connectivity index (χ0) is 43.6. The van der Waals surface area contributed by atoms with E-state index in [1.807, 2.05) is 42.7 Å². The highest BCUT2D eigenvalue weighted by molar-refractivity contribution is 7.91. The molecule has 16 heteroatoms. The number of carbonyl (C=O) groups is 3. The topological polar surface area (TPSA) is 183 Å². The quantitative estimate of drug-likeness (QED) is 0.0635. The summed E-state index contributed by atoms with van der Waals surface area (Å²) in [7, 11) is -2.03. The van der Waals surface area contributed by atoms with Crippen LogP contribution in [0.3, 0.4) is 0 Å². The summed E-state index contributed by atoms with van der Waals surface area (Å²) in [6.45, 7) is 7.88. The van der Waals surface area contributed by atoms with E-state index in [1.54, 1.807) is 26.2 Å². The van der Waals surface area contributed by atoms with Gasteiger partial charge in [0.05, 0.1) is 24.1 Å². The lowest BCUT2D eigenvalue weighted by molar-refractivity contribution is -0.138. The van der Waals surface area contributed by atoms with Crippen molar-refractivity contribution in [2.24, 2.45) is 17.6 Å². The molecule has 2 aromatic heterocycles. The largest absolute Gasteiger partial charge is 0.496 e. The predicted molar refractivity (Wildman–Crippen MR) is 234 cm³/mol. The molecule has 3 amide bonds. The fraction of sp³-hybridized carbons (Fsp3) is 0.489. The first-order valence-electron chi connectivity index (χ1n) is 21.0. The summed E-state index contributed by atoms with van der Waals surface area (Å²) in [4.78, 5) is 51.2. The van der Waals surface area contributed by atoms with E-state index in [0.717, 1.165) is 46.3 Å². The molecular formula is C45H55FN6O7S2. The molecule has 1 aliphatic heterocycles. The van der Waals surface area contributed by atoms with Crippen LogP contribution in [0.1, 0.15) is 95.7 Å². The van der Waals surface area contributed by atoms with Crippen LogP contribution >= 0.6 is 11.3 Å². The monoisotopic (exact) mass is 874 g/mol. The smallest absolute Gasteiger partial charge is 0.245 e. The maximum atomic E-state index is 14.4. The summed E-state index contributed by atoms with van der Waals surface area (Å²) in [6, 6.07) is 9.92. The Balaban J connectivity index is 1.01. The number of anilines is 1. The van der Waals surface area contributed by atoms with Crippen molar-refractivity contribution in [3.8, 4) is 22.3 Å². The molecule has 3 heterocycles. The lowest BCUT2D eigenvalue weighted by atomic mass is 10.0. The van der Waals surface area contributed by atoms with Gasteiger partial charge in [-0.1, -0.05) is 44.9 Å². The predicted octanol–water partition coefficient (Wildman–Crippen LogP) is 7.39. The van der Waals surface area contributed by atoms with Crippen molar-refractivity contribution in [1.29, 1.82) is 0 Å². The Morgan fingerprint density at radius 1 is 1.08 bits per heavy atom. The number of aromatic nitrogens is 2. The number of methoxy groups -OCH3 is 1. The summed E-state index contributed by atoms with van der Waals surface area (Å²) < 4.78 is 52.9. The van der Waals surface area contributed by atoms with Gasteiger partial charge in [0.1, 0.15) is 40.5 Å². The molecule has 3 aliphatic rings. The van der Waals surface area contributed by atoms with Crippen molar-refractivity contribution >= 4 is 55.5 Å². The number of thiazole rings is 1. The number of ether oxygens (including phenoxy) is 2. The summed E-state index contributed by atoms with van der Waals surface area (Å²) in [5, 5.41) is 7.61. The molecule has 4 N–H and O–H groups in total. The van der Waals surface area contributed by atoms with Crippen molar-refractivity contribution < 1.29 is 36.7 Å². The van der Waals surface area contributed by atoms with E-state index in [-0.39, 0.29) is 36.6 Å². The van der Waals surface area contributed by atoms with Gasteiger partial charge in [-0.15, -0.1) is 11.3 Å². The Morgan fingerprint density at radius 2 is 1.87 bits per heavy atom. The third-order valence-electron chi connectivity index (χ3n) is 12.1. The van der Waals surface area contributed by atoms with E-state index in [1.165, 1.54) is 28.4 Å². The van der Waals surface area contributed by atoms with Gasteiger partial charge in [0.2, 0.25) is 33.6 Å². The number of unbranched alkanes of at least 4 members (excludes halogenated alkanes) is 3. The van der Waals surface area contributed by atoms with E-state index in [0.29, 0.717) is 55.1 Å². The molecule has 1 saturated heterocycles. The highest BCUT2D eigenvalue weighted by Crippen LogP contribution is 2.44. The van der Waals surface area contributed by atoms with Gasteiger partial charge in [0, 0.05) is 28.8 Å². The summed E-state index contributed by atoms with van der Waals surface area (Å²) >= 11 is 1.50. The number of nitrogens with zero attached hydrogens (tertiary/aromatic N) is 3. The number of likely N-dealkylation sites (tertiary alicyclic amines) is 1. The number of hydrogen-bond donors (Lipinski definition) is 3. The van der Waals surface area contributed by atoms with E-state index in [9.17, 15) is 27.2 Å². The molecule has 4 aromatic rings. The number of fused-ring (bicyclic) bond motifs is 1. The molecule has 2 aliphatic carbocycles. The Bertz CT molecular complexity index is 2430. The number of nitrogens with one attached hydrogen (secondary N) is 2. The lowest BCUT2D eigenvalue weighted by Crippen LogP contribution is -2.49. The minimum Gasteiger partial charge on any atom is -0.496 e. The fourth-order valence-corrected chi connectivity index (χ4v) is 10.1. The molecule has 61 heavy (non-hydrogen) atoms. The van der Waals surface area contributed by atoms with Crippen molar-refractivity contribution in [2.75, 3.05) is 19.0 Å². The number of rotatable bonds is 19. The minimum absolute atomic E-state index is 0.0214. The third-order valence-corrected chi connectivity index (χ3v) is 15.2. The Hall–Kier alpha value is -5.09. The second-order valence-electron chi connectivity index (χ2n) is 17.1. The zero-order valence-corrected chi connectivity index (χ0v) is 36.9. The zero-order valence-electron chi connectivity index (χ0n) is 35.3. The first-order chi connectivity index (χ1) is 29.1. The Kier molecular flexibility index (Phi) is 13.0. The molecule has 7 rings (SSSR count).